The molecule has 26 heavy (non-hydrogen) atoms. The number of H-pyrrole nitrogens is 1. The van der Waals surface area contributed by atoms with Gasteiger partial charge in [0.25, 0.3) is 5.56 Å². The van der Waals surface area contributed by atoms with Crippen molar-refractivity contribution in [1.82, 2.24) is 29.6 Å². The Labute approximate surface area is 147 Å². The number of aromatic amines is 1. The second-order valence-corrected chi connectivity index (χ2v) is 6.05. The molecule has 1 saturated heterocycles. The average Bonchev–Trinajstić information content (AvgIpc) is 3.10. The number of fused-ring (bicyclic) bond motifs is 1. The summed E-state index contributed by atoms with van der Waals surface area (Å²) in [4.78, 5) is 35.3. The third-order valence-corrected chi connectivity index (χ3v) is 4.32. The second-order valence-electron chi connectivity index (χ2n) is 6.05. The van der Waals surface area contributed by atoms with Crippen molar-refractivity contribution in [3.05, 3.63) is 41.2 Å². The molecule has 3 aromatic heterocycles. The van der Waals surface area contributed by atoms with Gasteiger partial charge in [0, 0.05) is 19.3 Å². The fraction of sp³-hybridized carbons (Fsp3) is 0.312. The maximum Gasteiger partial charge on any atom is 0.407 e. The lowest BCUT2D eigenvalue weighted by Gasteiger charge is -2.30. The van der Waals surface area contributed by atoms with E-state index in [0.717, 1.165) is 12.8 Å². The first kappa shape index (κ1) is 16.1. The van der Waals surface area contributed by atoms with E-state index in [-0.39, 0.29) is 17.6 Å². The van der Waals surface area contributed by atoms with Gasteiger partial charge in [-0.3, -0.25) is 19.4 Å². The van der Waals surface area contributed by atoms with Crippen molar-refractivity contribution < 1.29 is 14.6 Å². The molecule has 0 aromatic carbocycles. The Balaban J connectivity index is 1.54. The van der Waals surface area contributed by atoms with E-state index in [4.69, 9.17) is 9.84 Å². The summed E-state index contributed by atoms with van der Waals surface area (Å²) in [5.41, 5.74) is 0.118. The summed E-state index contributed by atoms with van der Waals surface area (Å²) in [7, 11) is 0. The van der Waals surface area contributed by atoms with Crippen LogP contribution in [-0.2, 0) is 0 Å². The molecule has 1 amide bonds. The third-order valence-electron chi connectivity index (χ3n) is 4.32. The van der Waals surface area contributed by atoms with Gasteiger partial charge in [-0.05, 0) is 18.9 Å². The molecular formula is C16H16N6O4. The quantitative estimate of drug-likeness (QED) is 0.730. The first-order chi connectivity index (χ1) is 12.6. The SMILES string of the molecule is O=C(O)N1CCC[C@@H](n2cc(Oc3nc4cnccc4c(=O)[nH]3)cn2)C1. The summed E-state index contributed by atoms with van der Waals surface area (Å²) >= 11 is 0. The third kappa shape index (κ3) is 3.08. The molecule has 10 heteroatoms. The Morgan fingerprint density at radius 1 is 1.38 bits per heavy atom. The molecule has 3 aromatic rings. The van der Waals surface area contributed by atoms with E-state index >= 15 is 0 Å². The van der Waals surface area contributed by atoms with Crippen molar-refractivity contribution >= 4 is 17.0 Å². The number of carbonyl (C=O) groups is 1. The number of nitrogens with zero attached hydrogens (tertiary/aromatic N) is 5. The number of carboxylic acid groups (broad SMARTS) is 1. The molecule has 0 unspecified atom stereocenters. The van der Waals surface area contributed by atoms with Crippen LogP contribution in [0, 0.1) is 0 Å². The number of hydrogen-bond acceptors (Lipinski definition) is 6. The van der Waals surface area contributed by atoms with Crippen molar-refractivity contribution in [1.29, 1.82) is 0 Å². The molecule has 134 valence electrons. The van der Waals surface area contributed by atoms with Crippen LogP contribution < -0.4 is 10.3 Å². The zero-order chi connectivity index (χ0) is 18.1. The van der Waals surface area contributed by atoms with Crippen molar-refractivity contribution in [2.75, 3.05) is 13.1 Å². The number of likely N-dealkylation sites (tertiary alicyclic amines) is 1. The van der Waals surface area contributed by atoms with Crippen LogP contribution >= 0.6 is 0 Å². The predicted octanol–water partition coefficient (Wildman–Crippen LogP) is 1.62. The van der Waals surface area contributed by atoms with Gasteiger partial charge in [0.1, 0.15) is 0 Å². The van der Waals surface area contributed by atoms with E-state index < -0.39 is 6.09 Å². The van der Waals surface area contributed by atoms with Gasteiger partial charge in [-0.15, -0.1) is 0 Å². The predicted molar refractivity (Wildman–Crippen MR) is 90.3 cm³/mol. The van der Waals surface area contributed by atoms with Crippen LogP contribution in [0.1, 0.15) is 18.9 Å². The van der Waals surface area contributed by atoms with Crippen LogP contribution in [0.5, 0.6) is 11.8 Å². The zero-order valence-electron chi connectivity index (χ0n) is 13.7. The van der Waals surface area contributed by atoms with Crippen LogP contribution in [0.2, 0.25) is 0 Å². The minimum atomic E-state index is -0.926. The Hall–Kier alpha value is -3.43. The van der Waals surface area contributed by atoms with Crippen LogP contribution in [0.4, 0.5) is 4.79 Å². The van der Waals surface area contributed by atoms with E-state index in [2.05, 4.69) is 20.1 Å². The number of piperidine rings is 1. The molecule has 10 nitrogen and oxygen atoms in total. The maximum absolute atomic E-state index is 12.1. The van der Waals surface area contributed by atoms with Gasteiger partial charge in [0.2, 0.25) is 0 Å². The minimum absolute atomic E-state index is 0.0471. The number of pyridine rings is 1. The monoisotopic (exact) mass is 356 g/mol. The standard InChI is InChI=1S/C16H16N6O4/c23-14-12-3-4-17-7-13(12)19-15(20-14)26-11-6-18-22(9-11)10-2-1-5-21(8-10)16(24)25/h3-4,6-7,9-10H,1-2,5,8H2,(H,24,25)(H,19,20,23)/t10-/m1/s1. The smallest absolute Gasteiger partial charge is 0.407 e. The Bertz CT molecular complexity index is 1010. The largest absolute Gasteiger partial charge is 0.465 e. The number of rotatable bonds is 3. The molecule has 4 heterocycles. The van der Waals surface area contributed by atoms with Crippen LogP contribution in [0.3, 0.4) is 0 Å². The number of hydrogen-bond donors (Lipinski definition) is 2. The number of aromatic nitrogens is 5. The molecule has 4 rings (SSSR count). The molecule has 0 radical (unpaired) electrons. The molecule has 0 spiro atoms. The fourth-order valence-electron chi connectivity index (χ4n) is 3.05. The molecular weight excluding hydrogens is 340 g/mol. The topological polar surface area (TPSA) is 126 Å². The van der Waals surface area contributed by atoms with Gasteiger partial charge >= 0.3 is 12.1 Å². The maximum atomic E-state index is 12.1. The highest BCUT2D eigenvalue weighted by molar-refractivity contribution is 5.76. The molecule has 0 bridgehead atoms. The number of ether oxygens (including phenoxy) is 1. The first-order valence-corrected chi connectivity index (χ1v) is 8.14. The Morgan fingerprint density at radius 3 is 3.12 bits per heavy atom. The van der Waals surface area contributed by atoms with Crippen molar-refractivity contribution in [2.24, 2.45) is 0 Å². The van der Waals surface area contributed by atoms with Gasteiger partial charge in [-0.2, -0.15) is 10.1 Å². The molecule has 1 atom stereocenters. The van der Waals surface area contributed by atoms with Gasteiger partial charge in [0.05, 0.1) is 35.5 Å². The second kappa shape index (κ2) is 6.47. The van der Waals surface area contributed by atoms with Gasteiger partial charge in [0.15, 0.2) is 5.75 Å². The Kier molecular flexibility index (Phi) is 3.99. The molecule has 0 aliphatic carbocycles. The summed E-state index contributed by atoms with van der Waals surface area (Å²) in [5, 5.41) is 13.8. The van der Waals surface area contributed by atoms with Crippen LogP contribution in [0.25, 0.3) is 10.9 Å². The average molecular weight is 356 g/mol. The highest BCUT2D eigenvalue weighted by atomic mass is 16.5. The normalized spacial score (nSPS) is 17.4. The van der Waals surface area contributed by atoms with Crippen molar-refractivity contribution in [3.63, 3.8) is 0 Å². The van der Waals surface area contributed by atoms with E-state index in [0.29, 0.717) is 29.7 Å². The molecule has 1 aliphatic heterocycles. The summed E-state index contributed by atoms with van der Waals surface area (Å²) in [6.07, 6.45) is 6.88. The van der Waals surface area contributed by atoms with E-state index in [1.54, 1.807) is 16.9 Å². The van der Waals surface area contributed by atoms with Crippen molar-refractivity contribution in [3.8, 4) is 11.8 Å². The van der Waals surface area contributed by atoms with E-state index in [9.17, 15) is 9.59 Å². The lowest BCUT2D eigenvalue weighted by atomic mass is 10.1. The lowest BCUT2D eigenvalue weighted by molar-refractivity contribution is 0.119. The van der Waals surface area contributed by atoms with Crippen LogP contribution in [0.15, 0.2) is 35.6 Å². The number of amides is 1. The molecule has 1 aliphatic rings. The summed E-state index contributed by atoms with van der Waals surface area (Å²) in [6, 6.07) is 1.58. The van der Waals surface area contributed by atoms with Crippen molar-refractivity contribution in [2.45, 2.75) is 18.9 Å². The van der Waals surface area contributed by atoms with Gasteiger partial charge < -0.3 is 14.7 Å². The molecule has 2 N–H and O–H groups in total. The zero-order valence-corrected chi connectivity index (χ0v) is 13.7. The molecule has 0 saturated carbocycles. The molecule has 1 fully saturated rings. The van der Waals surface area contributed by atoms with E-state index in [1.807, 2.05) is 0 Å². The summed E-state index contributed by atoms with van der Waals surface area (Å²) in [5.74, 6) is 0.406. The van der Waals surface area contributed by atoms with E-state index in [1.165, 1.54) is 23.5 Å². The highest BCUT2D eigenvalue weighted by Gasteiger charge is 2.25. The number of nitrogens with one attached hydrogen (secondary N) is 1. The highest BCUT2D eigenvalue weighted by Crippen LogP contribution is 2.24. The Morgan fingerprint density at radius 2 is 2.27 bits per heavy atom. The minimum Gasteiger partial charge on any atom is -0.465 e. The summed E-state index contributed by atoms with van der Waals surface area (Å²) < 4.78 is 7.29. The van der Waals surface area contributed by atoms with Gasteiger partial charge in [-0.1, -0.05) is 0 Å². The summed E-state index contributed by atoms with van der Waals surface area (Å²) in [6.45, 7) is 0.917. The van der Waals surface area contributed by atoms with Gasteiger partial charge in [-0.25, -0.2) is 4.79 Å². The first-order valence-electron chi connectivity index (χ1n) is 8.14. The lowest BCUT2D eigenvalue weighted by Crippen LogP contribution is -2.39. The fourth-order valence-corrected chi connectivity index (χ4v) is 3.05. The van der Waals surface area contributed by atoms with Crippen LogP contribution in [-0.4, -0.2) is 53.9 Å².